The highest BCUT2D eigenvalue weighted by atomic mass is 19.1. The molecule has 5 aromatic rings. The van der Waals surface area contributed by atoms with Crippen molar-refractivity contribution in [3.63, 3.8) is 0 Å². The summed E-state index contributed by atoms with van der Waals surface area (Å²) in [4.78, 5) is 17.7. The number of nitrogens with zero attached hydrogens (tertiary/aromatic N) is 8. The van der Waals surface area contributed by atoms with Crippen LogP contribution >= 0.6 is 0 Å². The van der Waals surface area contributed by atoms with Crippen LogP contribution in [0.1, 0.15) is 0 Å². The molecule has 0 bridgehead atoms. The lowest BCUT2D eigenvalue weighted by Crippen LogP contribution is -2.47. The largest absolute Gasteiger partial charge is 0.483 e. The molecule has 0 radical (unpaired) electrons. The highest BCUT2D eigenvalue weighted by Gasteiger charge is 2.30. The standard InChI is InChI=1S/C26H27F3N10O2/c27-15-10-16(28)20(41-21-13-31-12-17(21)29)11-18(15)37-6-3-36(4-7-37)5-8-38-14-32-22-24(38)34-26(30)39-25(22)33-23(35-39)19-2-1-9-40-19/h1-2,9-11,14,17,21,31H,3-8,12-13H2,(H2,30,34)/t17-,21-/m0/s1. The number of nitrogens with one attached hydrogen (secondary N) is 1. The lowest BCUT2D eigenvalue weighted by Gasteiger charge is -2.36. The van der Waals surface area contributed by atoms with Crippen LogP contribution in [0.15, 0.2) is 41.3 Å². The zero-order chi connectivity index (χ0) is 28.1. The van der Waals surface area contributed by atoms with Gasteiger partial charge in [-0.25, -0.2) is 23.1 Å². The van der Waals surface area contributed by atoms with Crippen molar-refractivity contribution in [1.82, 2.24) is 39.3 Å². The third-order valence-corrected chi connectivity index (χ3v) is 7.55. The van der Waals surface area contributed by atoms with Gasteiger partial charge >= 0.3 is 0 Å². The highest BCUT2D eigenvalue weighted by Crippen LogP contribution is 2.31. The predicted molar refractivity (Wildman–Crippen MR) is 143 cm³/mol. The van der Waals surface area contributed by atoms with Crippen LogP contribution in [0.3, 0.4) is 0 Å². The number of fused-ring (bicyclic) bond motifs is 3. The highest BCUT2D eigenvalue weighted by molar-refractivity contribution is 5.87. The van der Waals surface area contributed by atoms with E-state index in [0.717, 1.165) is 6.07 Å². The van der Waals surface area contributed by atoms with Gasteiger partial charge in [-0.1, -0.05) is 0 Å². The second-order valence-electron chi connectivity index (χ2n) is 10.1. The second-order valence-corrected chi connectivity index (χ2v) is 10.1. The molecular formula is C26H27F3N10O2. The fourth-order valence-corrected chi connectivity index (χ4v) is 5.32. The molecule has 3 N–H and O–H groups in total. The number of benzene rings is 1. The number of piperazine rings is 1. The molecule has 2 aliphatic rings. The van der Waals surface area contributed by atoms with Gasteiger partial charge in [-0.15, -0.1) is 5.10 Å². The van der Waals surface area contributed by atoms with Crippen molar-refractivity contribution in [2.24, 2.45) is 0 Å². The number of hydrogen-bond donors (Lipinski definition) is 2. The number of rotatable bonds is 7. The Bertz CT molecular complexity index is 1700. The van der Waals surface area contributed by atoms with E-state index in [4.69, 9.17) is 14.9 Å². The molecule has 0 amide bonds. The van der Waals surface area contributed by atoms with Crippen LogP contribution in [0.2, 0.25) is 0 Å². The van der Waals surface area contributed by atoms with Gasteiger partial charge in [0.2, 0.25) is 11.8 Å². The molecule has 0 aliphatic carbocycles. The van der Waals surface area contributed by atoms with E-state index in [1.807, 2.05) is 9.47 Å². The average Bonchev–Trinajstić information content (AvgIpc) is 3.77. The molecular weight excluding hydrogens is 541 g/mol. The first-order chi connectivity index (χ1) is 19.9. The van der Waals surface area contributed by atoms with Crippen LogP contribution < -0.4 is 20.7 Å². The molecule has 15 heteroatoms. The van der Waals surface area contributed by atoms with Crippen molar-refractivity contribution in [2.45, 2.75) is 18.8 Å². The summed E-state index contributed by atoms with van der Waals surface area (Å²) in [5.74, 6) is -0.564. The Labute approximate surface area is 231 Å². The Morgan fingerprint density at radius 3 is 2.66 bits per heavy atom. The predicted octanol–water partition coefficient (Wildman–Crippen LogP) is 2.11. The summed E-state index contributed by atoms with van der Waals surface area (Å²) in [6.07, 6.45) is 1.20. The van der Waals surface area contributed by atoms with E-state index in [9.17, 15) is 13.2 Å². The molecule has 7 rings (SSSR count). The Balaban J connectivity index is 1.02. The van der Waals surface area contributed by atoms with Crippen molar-refractivity contribution in [3.05, 3.63) is 48.5 Å². The molecule has 4 aromatic heterocycles. The van der Waals surface area contributed by atoms with E-state index in [1.54, 1.807) is 24.7 Å². The van der Waals surface area contributed by atoms with Crippen molar-refractivity contribution in [3.8, 4) is 17.3 Å². The number of ether oxygens (including phenoxy) is 1. The number of aromatic nitrogens is 6. The minimum absolute atomic E-state index is 0.142. The smallest absolute Gasteiger partial charge is 0.225 e. The van der Waals surface area contributed by atoms with E-state index < -0.39 is 23.9 Å². The Morgan fingerprint density at radius 2 is 1.90 bits per heavy atom. The molecule has 2 aliphatic heterocycles. The molecule has 6 heterocycles. The zero-order valence-corrected chi connectivity index (χ0v) is 21.9. The maximum atomic E-state index is 14.7. The first kappa shape index (κ1) is 25.6. The van der Waals surface area contributed by atoms with E-state index in [-0.39, 0.29) is 30.5 Å². The molecule has 2 fully saturated rings. The third kappa shape index (κ3) is 4.70. The number of halogens is 3. The molecule has 0 unspecified atom stereocenters. The Kier molecular flexibility index (Phi) is 6.38. The van der Waals surface area contributed by atoms with Gasteiger partial charge < -0.3 is 29.7 Å². The van der Waals surface area contributed by atoms with Crippen molar-refractivity contribution >= 4 is 28.4 Å². The SMILES string of the molecule is Nc1nc2c(ncn2CCN2CCN(c3cc(O[C@H]4CNC[C@@H]4F)c(F)cc3F)CC2)c2nc(-c3ccco3)nn12. The summed E-state index contributed by atoms with van der Waals surface area (Å²) < 4.78 is 57.4. The molecule has 2 atom stereocenters. The Hall–Kier alpha value is -4.37. The number of nitrogens with two attached hydrogens (primary N) is 1. The maximum absolute atomic E-state index is 14.7. The number of furan rings is 1. The maximum Gasteiger partial charge on any atom is 0.225 e. The van der Waals surface area contributed by atoms with Crippen LogP contribution in [0.25, 0.3) is 28.4 Å². The first-order valence-corrected chi connectivity index (χ1v) is 13.3. The summed E-state index contributed by atoms with van der Waals surface area (Å²) in [6, 6.07) is 5.66. The van der Waals surface area contributed by atoms with Gasteiger partial charge in [0, 0.05) is 64.5 Å². The van der Waals surface area contributed by atoms with Crippen LogP contribution in [-0.4, -0.2) is 92.1 Å². The van der Waals surface area contributed by atoms with Gasteiger partial charge in [0.15, 0.2) is 40.3 Å². The number of hydrogen-bond acceptors (Lipinski definition) is 10. The van der Waals surface area contributed by atoms with Gasteiger partial charge in [-0.3, -0.25) is 4.90 Å². The molecule has 41 heavy (non-hydrogen) atoms. The number of alkyl halides is 1. The van der Waals surface area contributed by atoms with E-state index in [0.29, 0.717) is 67.7 Å². The van der Waals surface area contributed by atoms with Crippen LogP contribution in [0.4, 0.5) is 24.8 Å². The van der Waals surface area contributed by atoms with Crippen LogP contribution in [0.5, 0.6) is 5.75 Å². The van der Waals surface area contributed by atoms with Crippen molar-refractivity contribution in [1.29, 1.82) is 0 Å². The lowest BCUT2D eigenvalue weighted by atomic mass is 10.2. The third-order valence-electron chi connectivity index (χ3n) is 7.55. The number of nitrogen functional groups attached to an aromatic ring is 1. The van der Waals surface area contributed by atoms with Crippen molar-refractivity contribution in [2.75, 3.05) is 56.4 Å². The summed E-state index contributed by atoms with van der Waals surface area (Å²) in [6.45, 7) is 4.11. The van der Waals surface area contributed by atoms with Gasteiger partial charge in [-0.05, 0) is 12.1 Å². The van der Waals surface area contributed by atoms with Gasteiger partial charge in [0.1, 0.15) is 11.9 Å². The average molecular weight is 569 g/mol. The first-order valence-electron chi connectivity index (χ1n) is 13.3. The minimum Gasteiger partial charge on any atom is -0.483 e. The van der Waals surface area contributed by atoms with E-state index in [1.165, 1.54) is 10.6 Å². The summed E-state index contributed by atoms with van der Waals surface area (Å²) >= 11 is 0. The van der Waals surface area contributed by atoms with Crippen molar-refractivity contribution < 1.29 is 22.3 Å². The van der Waals surface area contributed by atoms with Crippen LogP contribution in [-0.2, 0) is 6.54 Å². The molecule has 1 aromatic carbocycles. The quantitative estimate of drug-likeness (QED) is 0.301. The van der Waals surface area contributed by atoms with E-state index >= 15 is 0 Å². The molecule has 0 saturated carbocycles. The summed E-state index contributed by atoms with van der Waals surface area (Å²) in [5.41, 5.74) is 8.09. The fraction of sp³-hybridized carbons (Fsp3) is 0.385. The number of imidazole rings is 1. The summed E-state index contributed by atoms with van der Waals surface area (Å²) in [7, 11) is 0. The van der Waals surface area contributed by atoms with Crippen LogP contribution in [0, 0.1) is 11.6 Å². The van der Waals surface area contributed by atoms with E-state index in [2.05, 4.69) is 30.3 Å². The second kappa shape index (κ2) is 10.2. The minimum atomic E-state index is -1.24. The topological polar surface area (TPSA) is 128 Å². The van der Waals surface area contributed by atoms with Gasteiger partial charge in [0.05, 0.1) is 18.3 Å². The lowest BCUT2D eigenvalue weighted by molar-refractivity contribution is 0.134. The fourth-order valence-electron chi connectivity index (χ4n) is 5.32. The van der Waals surface area contributed by atoms with Gasteiger partial charge in [0.25, 0.3) is 0 Å². The summed E-state index contributed by atoms with van der Waals surface area (Å²) in [5, 5.41) is 7.26. The molecule has 0 spiro atoms. The number of anilines is 2. The molecule has 2 saturated heterocycles. The molecule has 12 nitrogen and oxygen atoms in total. The zero-order valence-electron chi connectivity index (χ0n) is 21.9. The Morgan fingerprint density at radius 1 is 1.05 bits per heavy atom. The van der Waals surface area contributed by atoms with Gasteiger partial charge in [-0.2, -0.15) is 9.50 Å². The normalized spacial score (nSPS) is 20.0. The molecule has 214 valence electrons. The monoisotopic (exact) mass is 568 g/mol.